The normalized spacial score (nSPS) is 12.6. The molecule has 0 aliphatic carbocycles. The summed E-state index contributed by atoms with van der Waals surface area (Å²) in [4.78, 5) is 24.5. The number of aliphatic hydroxyl groups excluding tert-OH is 2. The molecule has 2 unspecified atom stereocenters. The maximum absolute atomic E-state index is 12.5. The molecule has 0 spiro atoms. The van der Waals surface area contributed by atoms with Crippen LogP contribution in [0.3, 0.4) is 0 Å². The van der Waals surface area contributed by atoms with E-state index >= 15 is 0 Å². The molecule has 0 radical (unpaired) electrons. The van der Waals surface area contributed by atoms with Gasteiger partial charge < -0.3 is 20.3 Å². The first-order valence-electron chi connectivity index (χ1n) is 28.9. The van der Waals surface area contributed by atoms with E-state index in [9.17, 15) is 19.8 Å². The van der Waals surface area contributed by atoms with Gasteiger partial charge in [0.25, 0.3) is 0 Å². The number of amides is 1. The van der Waals surface area contributed by atoms with Crippen molar-refractivity contribution in [2.75, 3.05) is 13.2 Å². The van der Waals surface area contributed by atoms with Gasteiger partial charge in [-0.2, -0.15) is 0 Å². The van der Waals surface area contributed by atoms with Gasteiger partial charge in [-0.25, -0.2) is 0 Å². The third-order valence-corrected chi connectivity index (χ3v) is 13.6. The summed E-state index contributed by atoms with van der Waals surface area (Å²) in [6.07, 6.45) is 63.4. The Kier molecular flexibility index (Phi) is 53.0. The number of hydrogen-bond acceptors (Lipinski definition) is 5. The molecule has 0 saturated heterocycles. The number of carbonyl (C=O) groups is 2. The van der Waals surface area contributed by atoms with Gasteiger partial charge in [-0.3, -0.25) is 9.59 Å². The second kappa shape index (κ2) is 54.2. The molecule has 0 heterocycles. The third kappa shape index (κ3) is 50.0. The highest BCUT2D eigenvalue weighted by Gasteiger charge is 2.20. The largest absolute Gasteiger partial charge is 0.466 e. The average Bonchev–Trinajstić information content (AvgIpc) is 3.29. The van der Waals surface area contributed by atoms with Crippen LogP contribution in [0, 0.1) is 0 Å². The highest BCUT2D eigenvalue weighted by molar-refractivity contribution is 5.76. The number of nitrogens with one attached hydrogen (secondary N) is 1. The maximum Gasteiger partial charge on any atom is 0.305 e. The molecule has 380 valence electrons. The summed E-state index contributed by atoms with van der Waals surface area (Å²) in [5.41, 5.74) is 0. The van der Waals surface area contributed by atoms with Gasteiger partial charge in [-0.05, 0) is 51.4 Å². The van der Waals surface area contributed by atoms with E-state index in [4.69, 9.17) is 4.74 Å². The van der Waals surface area contributed by atoms with Gasteiger partial charge in [0.1, 0.15) is 0 Å². The van der Waals surface area contributed by atoms with Gasteiger partial charge in [0.15, 0.2) is 0 Å². The summed E-state index contributed by atoms with van der Waals surface area (Å²) in [7, 11) is 0. The number of hydrogen-bond donors (Lipinski definition) is 3. The van der Waals surface area contributed by atoms with Crippen molar-refractivity contribution >= 4 is 11.9 Å². The van der Waals surface area contributed by atoms with Crippen LogP contribution >= 0.6 is 0 Å². The lowest BCUT2D eigenvalue weighted by Gasteiger charge is -2.22. The number of carbonyl (C=O) groups excluding carboxylic acids is 2. The Morgan fingerprint density at radius 2 is 0.734 bits per heavy atom. The van der Waals surface area contributed by atoms with Crippen molar-refractivity contribution in [2.24, 2.45) is 0 Å². The number of aliphatic hydroxyl groups is 2. The van der Waals surface area contributed by atoms with Gasteiger partial charge in [-0.1, -0.05) is 270 Å². The minimum atomic E-state index is -0.680. The zero-order valence-corrected chi connectivity index (χ0v) is 43.3. The van der Waals surface area contributed by atoms with Crippen LogP contribution in [0.15, 0.2) is 12.2 Å². The Balaban J connectivity index is 3.45. The molecule has 0 aliphatic heterocycles. The fraction of sp³-hybridized carbons (Fsp3) is 0.931. The number of allylic oxidation sites excluding steroid dienone is 2. The SMILES string of the molecule is CCCCCCCCCCCCCCCCCCCCCC(=O)OCCCCCCCC/C=C\CCCCCC(=O)NC(CO)C(O)CCCCCCCCCCCCCCCCC. The molecule has 1 amide bonds. The molecule has 0 aromatic heterocycles. The summed E-state index contributed by atoms with van der Waals surface area (Å²) < 4.78 is 5.48. The van der Waals surface area contributed by atoms with E-state index in [-0.39, 0.29) is 18.5 Å². The van der Waals surface area contributed by atoms with E-state index in [0.717, 1.165) is 70.6 Å². The predicted molar refractivity (Wildman–Crippen MR) is 278 cm³/mol. The molecular weight excluding hydrogens is 791 g/mol. The van der Waals surface area contributed by atoms with Crippen molar-refractivity contribution in [3.8, 4) is 0 Å². The van der Waals surface area contributed by atoms with Crippen molar-refractivity contribution in [1.82, 2.24) is 5.32 Å². The van der Waals surface area contributed by atoms with Crippen LogP contribution in [0.4, 0.5) is 0 Å². The summed E-state index contributed by atoms with van der Waals surface area (Å²) >= 11 is 0. The van der Waals surface area contributed by atoms with Crippen molar-refractivity contribution < 1.29 is 24.5 Å². The third-order valence-electron chi connectivity index (χ3n) is 13.6. The Hall–Kier alpha value is -1.40. The maximum atomic E-state index is 12.5. The van der Waals surface area contributed by atoms with Crippen molar-refractivity contribution in [3.05, 3.63) is 12.2 Å². The first-order valence-corrected chi connectivity index (χ1v) is 28.9. The number of ether oxygens (including phenoxy) is 1. The smallest absolute Gasteiger partial charge is 0.305 e. The van der Waals surface area contributed by atoms with Crippen LogP contribution in [-0.2, 0) is 14.3 Å². The van der Waals surface area contributed by atoms with Gasteiger partial charge in [0.2, 0.25) is 5.91 Å². The standard InChI is InChI=1S/C58H113NO5/c1-3-5-7-9-11-13-15-17-19-20-21-22-24-28-32-36-40-44-48-52-58(63)64-53-49-45-41-37-33-29-25-27-31-35-39-43-47-51-57(62)59-55(54-60)56(61)50-46-42-38-34-30-26-23-18-16-14-12-10-8-6-4-2/h27,31,55-56,60-61H,3-26,28-30,32-54H2,1-2H3,(H,59,62)/b31-27-. The van der Waals surface area contributed by atoms with Crippen LogP contribution in [-0.4, -0.2) is 47.4 Å². The van der Waals surface area contributed by atoms with Gasteiger partial charge >= 0.3 is 5.97 Å². The number of esters is 1. The van der Waals surface area contributed by atoms with Gasteiger partial charge in [-0.15, -0.1) is 0 Å². The average molecular weight is 905 g/mol. The van der Waals surface area contributed by atoms with E-state index in [1.54, 1.807) is 0 Å². The molecule has 3 N–H and O–H groups in total. The van der Waals surface area contributed by atoms with Crippen molar-refractivity contribution in [1.29, 1.82) is 0 Å². The Morgan fingerprint density at radius 1 is 0.422 bits per heavy atom. The molecule has 0 rings (SSSR count). The van der Waals surface area contributed by atoms with Gasteiger partial charge in [0.05, 0.1) is 25.4 Å². The summed E-state index contributed by atoms with van der Waals surface area (Å²) in [6.45, 7) is 4.93. The summed E-state index contributed by atoms with van der Waals surface area (Å²) in [6, 6.07) is -0.560. The van der Waals surface area contributed by atoms with E-state index in [0.29, 0.717) is 25.9 Å². The number of unbranched alkanes of at least 4 members (excludes halogenated alkanes) is 41. The second-order valence-corrected chi connectivity index (χ2v) is 20.0. The van der Waals surface area contributed by atoms with E-state index in [1.165, 1.54) is 218 Å². The quantitative estimate of drug-likeness (QED) is 0.0321. The molecular formula is C58H113NO5. The van der Waals surface area contributed by atoms with Crippen LogP contribution in [0.5, 0.6) is 0 Å². The molecule has 0 bridgehead atoms. The lowest BCUT2D eigenvalue weighted by Crippen LogP contribution is -2.45. The summed E-state index contributed by atoms with van der Waals surface area (Å²) in [5.74, 6) is -0.0699. The highest BCUT2D eigenvalue weighted by Crippen LogP contribution is 2.17. The highest BCUT2D eigenvalue weighted by atomic mass is 16.5. The second-order valence-electron chi connectivity index (χ2n) is 20.0. The first kappa shape index (κ1) is 62.6. The van der Waals surface area contributed by atoms with Crippen LogP contribution in [0.2, 0.25) is 0 Å². The Labute approximate surface area is 399 Å². The van der Waals surface area contributed by atoms with Crippen molar-refractivity contribution in [2.45, 2.75) is 334 Å². The van der Waals surface area contributed by atoms with E-state index in [1.807, 2.05) is 0 Å². The Morgan fingerprint density at radius 3 is 1.12 bits per heavy atom. The topological polar surface area (TPSA) is 95.9 Å². The minimum Gasteiger partial charge on any atom is -0.466 e. The van der Waals surface area contributed by atoms with E-state index in [2.05, 4.69) is 31.3 Å². The summed E-state index contributed by atoms with van der Waals surface area (Å²) in [5, 5.41) is 23.2. The number of rotatable bonds is 54. The minimum absolute atomic E-state index is 0.00720. The van der Waals surface area contributed by atoms with Crippen LogP contribution in [0.1, 0.15) is 322 Å². The van der Waals surface area contributed by atoms with Crippen LogP contribution < -0.4 is 5.32 Å². The van der Waals surface area contributed by atoms with Gasteiger partial charge in [0, 0.05) is 12.8 Å². The Bertz CT molecular complexity index is 955. The zero-order valence-electron chi connectivity index (χ0n) is 43.3. The first-order chi connectivity index (χ1) is 31.5. The molecule has 0 fully saturated rings. The zero-order chi connectivity index (χ0) is 46.5. The van der Waals surface area contributed by atoms with Crippen LogP contribution in [0.25, 0.3) is 0 Å². The lowest BCUT2D eigenvalue weighted by atomic mass is 10.0. The molecule has 0 aromatic rings. The monoisotopic (exact) mass is 904 g/mol. The predicted octanol–water partition coefficient (Wildman–Crippen LogP) is 17.7. The molecule has 6 nitrogen and oxygen atoms in total. The molecule has 0 aromatic carbocycles. The fourth-order valence-electron chi connectivity index (χ4n) is 9.11. The molecule has 2 atom stereocenters. The van der Waals surface area contributed by atoms with E-state index < -0.39 is 12.1 Å². The molecule has 0 saturated carbocycles. The molecule has 6 heteroatoms. The molecule has 64 heavy (non-hydrogen) atoms. The van der Waals surface area contributed by atoms with Crippen molar-refractivity contribution in [3.63, 3.8) is 0 Å². The lowest BCUT2D eigenvalue weighted by molar-refractivity contribution is -0.143. The molecule has 0 aliphatic rings. The fourth-order valence-corrected chi connectivity index (χ4v) is 9.11.